The maximum absolute atomic E-state index is 13.2. The monoisotopic (exact) mass is 606 g/mol. The second kappa shape index (κ2) is 11.5. The molecule has 0 fully saturated rings. The lowest BCUT2D eigenvalue weighted by atomic mass is 9.76. The summed E-state index contributed by atoms with van der Waals surface area (Å²) < 4.78 is 11.2. The van der Waals surface area contributed by atoms with Gasteiger partial charge in [0.25, 0.3) is 11.8 Å². The van der Waals surface area contributed by atoms with E-state index in [1.54, 1.807) is 26.2 Å². The third kappa shape index (κ3) is 5.02. The first-order chi connectivity index (χ1) is 21.1. The Hall–Kier alpha value is -4.57. The first-order valence-electron chi connectivity index (χ1n) is 15.0. The number of aryl methyl sites for hydroxylation is 1. The Labute approximate surface area is 258 Å². The number of anilines is 2. The summed E-state index contributed by atoms with van der Waals surface area (Å²) in [7, 11) is 1.12. The summed E-state index contributed by atoms with van der Waals surface area (Å²) in [6.45, 7) is 10.7. The van der Waals surface area contributed by atoms with Crippen LogP contribution in [-0.4, -0.2) is 48.8 Å². The van der Waals surface area contributed by atoms with Gasteiger partial charge >= 0.3 is 5.97 Å². The Morgan fingerprint density at radius 3 is 2.73 bits per heavy atom. The van der Waals surface area contributed by atoms with Gasteiger partial charge in [0.15, 0.2) is 5.58 Å². The van der Waals surface area contributed by atoms with Gasteiger partial charge in [-0.2, -0.15) is 0 Å². The standard InChI is InChI=1S/C34H36N5O4Si/c1-7-29(40)42-32-23(33(41)38(4)37-32)14-15-27-34(3,17-10-18-44(5)6)30-24-20-35-43-26(24)19-21(2)31(30)39(27)28-16-13-22-11-8-9-12-25(22)36-28/h8-9,11-16,19-20H,7,10,17-18H2,1-6H3/b23-14+,27-15+. The Kier molecular flexibility index (Phi) is 7.71. The van der Waals surface area contributed by atoms with Crippen molar-refractivity contribution in [1.82, 2.24) is 15.1 Å². The lowest BCUT2D eigenvalue weighted by Gasteiger charge is -2.30. The number of benzene rings is 2. The van der Waals surface area contributed by atoms with E-state index in [0.29, 0.717) is 0 Å². The molecule has 2 aromatic heterocycles. The number of amides is 1. The summed E-state index contributed by atoms with van der Waals surface area (Å²) in [5, 5.41) is 11.6. The van der Waals surface area contributed by atoms with Crippen LogP contribution in [0, 0.1) is 6.92 Å². The molecule has 0 spiro atoms. The van der Waals surface area contributed by atoms with Crippen LogP contribution in [-0.2, 0) is 19.7 Å². The minimum atomic E-state index is -0.474. The van der Waals surface area contributed by atoms with Crippen LogP contribution < -0.4 is 4.90 Å². The van der Waals surface area contributed by atoms with E-state index in [0.717, 1.165) is 63.0 Å². The molecule has 9 nitrogen and oxygen atoms in total. The zero-order valence-electron chi connectivity index (χ0n) is 26.0. The summed E-state index contributed by atoms with van der Waals surface area (Å²) in [5.41, 5.74) is 5.55. The lowest BCUT2D eigenvalue weighted by Crippen LogP contribution is -2.27. The molecule has 1 atom stereocenters. The predicted molar refractivity (Wildman–Crippen MR) is 174 cm³/mol. The van der Waals surface area contributed by atoms with Gasteiger partial charge in [-0.1, -0.05) is 55.8 Å². The highest BCUT2D eigenvalue weighted by Gasteiger charge is 2.47. The highest BCUT2D eigenvalue weighted by Crippen LogP contribution is 2.57. The SMILES string of the molecule is CCC(=O)OC1=NN(C)C(=O)/C1=C/C=C1/N(c2ccc3ccccc3n2)c2c(C)cc3oncc3c2C1(C)CCC[Si](C)C. The van der Waals surface area contributed by atoms with Gasteiger partial charge in [0, 0.05) is 49.7 Å². The third-order valence-corrected chi connectivity index (χ3v) is 9.83. The van der Waals surface area contributed by atoms with Gasteiger partial charge in [-0.3, -0.25) is 14.5 Å². The second-order valence-electron chi connectivity index (χ2n) is 11.9. The molecular formula is C34H36N5O4Si. The summed E-state index contributed by atoms with van der Waals surface area (Å²) in [6, 6.07) is 15.4. The normalized spacial score (nSPS) is 20.1. The van der Waals surface area contributed by atoms with Crippen molar-refractivity contribution < 1.29 is 18.8 Å². The molecule has 0 bridgehead atoms. The Morgan fingerprint density at radius 2 is 1.95 bits per heavy atom. The van der Waals surface area contributed by atoms with E-state index >= 15 is 0 Å². The van der Waals surface area contributed by atoms with Gasteiger partial charge < -0.3 is 9.26 Å². The molecule has 0 saturated heterocycles. The second-order valence-corrected chi connectivity index (χ2v) is 14.9. The van der Waals surface area contributed by atoms with Crippen LogP contribution >= 0.6 is 0 Å². The fourth-order valence-electron chi connectivity index (χ4n) is 6.26. The number of aromatic nitrogens is 2. The molecule has 4 aromatic rings. The van der Waals surface area contributed by atoms with E-state index in [1.807, 2.05) is 36.4 Å². The van der Waals surface area contributed by atoms with Crippen LogP contribution in [0.25, 0.3) is 21.9 Å². The molecule has 0 aliphatic carbocycles. The number of hydrazone groups is 1. The molecule has 2 aliphatic heterocycles. The quantitative estimate of drug-likeness (QED) is 0.125. The number of allylic oxidation sites excluding steroid dienone is 3. The molecular weight excluding hydrogens is 570 g/mol. The third-order valence-electron chi connectivity index (χ3n) is 8.48. The largest absolute Gasteiger partial charge is 0.405 e. The van der Waals surface area contributed by atoms with Gasteiger partial charge in [0.2, 0.25) is 0 Å². The average molecular weight is 607 g/mol. The van der Waals surface area contributed by atoms with Gasteiger partial charge in [0.05, 0.1) is 17.4 Å². The van der Waals surface area contributed by atoms with Crippen LogP contribution in [0.1, 0.15) is 44.2 Å². The smallest absolute Gasteiger partial charge is 0.312 e. The summed E-state index contributed by atoms with van der Waals surface area (Å²) >= 11 is 0. The van der Waals surface area contributed by atoms with Gasteiger partial charge in [-0.05, 0) is 62.2 Å². The van der Waals surface area contributed by atoms with Crippen molar-refractivity contribution in [3.05, 3.63) is 83.2 Å². The fraction of sp³-hybridized carbons (Fsp3) is 0.324. The number of esters is 1. The maximum atomic E-state index is 13.2. The van der Waals surface area contributed by atoms with E-state index in [1.165, 1.54) is 11.1 Å². The number of rotatable bonds is 7. The molecule has 1 unspecified atom stereocenters. The first-order valence-corrected chi connectivity index (χ1v) is 17.7. The van der Waals surface area contributed by atoms with Crippen LogP contribution in [0.15, 0.2) is 81.7 Å². The number of ether oxygens (including phenoxy) is 1. The topological polar surface area (TPSA) is 101 Å². The fourth-order valence-corrected chi connectivity index (χ4v) is 7.14. The van der Waals surface area contributed by atoms with Crippen molar-refractivity contribution in [2.24, 2.45) is 5.10 Å². The molecule has 4 heterocycles. The number of pyridine rings is 1. The van der Waals surface area contributed by atoms with E-state index in [9.17, 15) is 9.59 Å². The highest BCUT2D eigenvalue weighted by atomic mass is 28.3. The summed E-state index contributed by atoms with van der Waals surface area (Å²) in [6.07, 6.45) is 7.59. The Bertz CT molecular complexity index is 1890. The number of hydrogen-bond acceptors (Lipinski definition) is 8. The molecule has 2 aliphatic rings. The van der Waals surface area contributed by atoms with Crippen LogP contribution in [0.3, 0.4) is 0 Å². The molecule has 0 N–H and O–H groups in total. The Morgan fingerprint density at radius 1 is 1.16 bits per heavy atom. The predicted octanol–water partition coefficient (Wildman–Crippen LogP) is 7.18. The zero-order chi connectivity index (χ0) is 31.2. The van der Waals surface area contributed by atoms with Crippen molar-refractivity contribution in [3.63, 3.8) is 0 Å². The molecule has 44 heavy (non-hydrogen) atoms. The van der Waals surface area contributed by atoms with Gasteiger partial charge in [-0.25, -0.2) is 9.99 Å². The molecule has 1 amide bonds. The molecule has 1 radical (unpaired) electrons. The summed E-state index contributed by atoms with van der Waals surface area (Å²) in [5.74, 6) is -0.00683. The van der Waals surface area contributed by atoms with Gasteiger partial charge in [0.1, 0.15) is 11.4 Å². The maximum Gasteiger partial charge on any atom is 0.312 e. The van der Waals surface area contributed by atoms with Crippen molar-refractivity contribution in [2.75, 3.05) is 11.9 Å². The first kappa shape index (κ1) is 29.5. The van der Waals surface area contributed by atoms with Crippen molar-refractivity contribution >= 4 is 59.9 Å². The van der Waals surface area contributed by atoms with E-state index < -0.39 is 20.2 Å². The average Bonchev–Trinajstić information content (AvgIpc) is 3.64. The van der Waals surface area contributed by atoms with E-state index in [4.69, 9.17) is 14.2 Å². The van der Waals surface area contributed by atoms with Crippen LogP contribution in [0.5, 0.6) is 0 Å². The van der Waals surface area contributed by atoms with Crippen LogP contribution in [0.2, 0.25) is 19.1 Å². The molecule has 0 saturated carbocycles. The highest BCUT2D eigenvalue weighted by molar-refractivity contribution is 6.55. The Balaban J connectivity index is 1.60. The molecule has 2 aromatic carbocycles. The number of carbonyl (C=O) groups is 2. The molecule has 10 heteroatoms. The number of para-hydroxylation sites is 1. The molecule has 6 rings (SSSR count). The van der Waals surface area contributed by atoms with E-state index in [2.05, 4.69) is 54.2 Å². The van der Waals surface area contributed by atoms with E-state index in [-0.39, 0.29) is 23.8 Å². The summed E-state index contributed by atoms with van der Waals surface area (Å²) in [4.78, 5) is 32.7. The lowest BCUT2D eigenvalue weighted by molar-refractivity contribution is -0.135. The number of hydrogen-bond donors (Lipinski definition) is 0. The van der Waals surface area contributed by atoms with Crippen molar-refractivity contribution in [2.45, 2.75) is 64.6 Å². The minimum absolute atomic E-state index is 0.00982. The van der Waals surface area contributed by atoms with Crippen LogP contribution in [0.4, 0.5) is 11.5 Å². The number of fused-ring (bicyclic) bond motifs is 4. The van der Waals surface area contributed by atoms with Gasteiger partial charge in [-0.15, -0.1) is 5.10 Å². The number of carbonyl (C=O) groups excluding carboxylic acids is 2. The number of likely N-dealkylation sites (N-methyl/N-ethyl adjacent to an activating group) is 1. The zero-order valence-corrected chi connectivity index (χ0v) is 27.0. The van der Waals surface area contributed by atoms with Crippen molar-refractivity contribution in [3.8, 4) is 0 Å². The van der Waals surface area contributed by atoms with Crippen molar-refractivity contribution in [1.29, 1.82) is 0 Å². The molecule has 225 valence electrons. The minimum Gasteiger partial charge on any atom is -0.405 e. The number of nitrogens with zero attached hydrogens (tertiary/aromatic N) is 5.